The molecule has 7 nitrogen and oxygen atoms in total. The highest BCUT2D eigenvalue weighted by atomic mass is 32.2. The molecule has 0 saturated carbocycles. The maximum absolute atomic E-state index is 13.1. The number of carbonyl (C=O) groups excluding carboxylic acids is 1. The summed E-state index contributed by atoms with van der Waals surface area (Å²) in [5.74, 6) is -0.367. The number of rotatable bonds is 4. The molecule has 0 unspecified atom stereocenters. The maximum Gasteiger partial charge on any atom is 0.259 e. The van der Waals surface area contributed by atoms with E-state index in [-0.39, 0.29) is 16.5 Å². The number of hydrogen-bond donors (Lipinski definition) is 1. The largest absolute Gasteiger partial charge is 0.335 e. The van der Waals surface area contributed by atoms with Gasteiger partial charge in [-0.2, -0.15) is 0 Å². The first-order valence-electron chi connectivity index (χ1n) is 9.18. The molecule has 0 bridgehead atoms. The second-order valence-corrected chi connectivity index (χ2v) is 9.14. The van der Waals surface area contributed by atoms with Gasteiger partial charge in [0.15, 0.2) is 9.84 Å². The van der Waals surface area contributed by atoms with Gasteiger partial charge in [0.25, 0.3) is 11.6 Å². The van der Waals surface area contributed by atoms with E-state index in [0.717, 1.165) is 17.4 Å². The van der Waals surface area contributed by atoms with E-state index in [1.807, 2.05) is 31.2 Å². The lowest BCUT2D eigenvalue weighted by Gasteiger charge is -2.09. The van der Waals surface area contributed by atoms with E-state index < -0.39 is 9.84 Å². The molecule has 4 rings (SSSR count). The fraction of sp³-hybridized carbons (Fsp3) is 0.136. The molecular weight excluding hydrogens is 402 g/mol. The van der Waals surface area contributed by atoms with Gasteiger partial charge in [-0.15, -0.1) is 0 Å². The number of benzene rings is 2. The molecule has 0 aliphatic heterocycles. The van der Waals surface area contributed by atoms with Gasteiger partial charge in [0, 0.05) is 17.5 Å². The first-order chi connectivity index (χ1) is 14.2. The molecule has 2 aromatic heterocycles. The van der Waals surface area contributed by atoms with E-state index in [2.05, 4.69) is 15.5 Å². The highest BCUT2D eigenvalue weighted by Gasteiger charge is 2.20. The summed E-state index contributed by atoms with van der Waals surface area (Å²) in [6.45, 7) is 3.74. The molecule has 2 heterocycles. The molecule has 2 aromatic carbocycles. The molecular formula is C22H19N3O4S. The van der Waals surface area contributed by atoms with Crippen LogP contribution in [0.1, 0.15) is 21.6 Å². The Hall–Kier alpha value is -3.52. The van der Waals surface area contributed by atoms with Gasteiger partial charge in [0.05, 0.1) is 27.2 Å². The molecule has 0 saturated heterocycles. The van der Waals surface area contributed by atoms with Crippen LogP contribution >= 0.6 is 0 Å². The van der Waals surface area contributed by atoms with Gasteiger partial charge < -0.3 is 9.84 Å². The van der Waals surface area contributed by atoms with Crippen LogP contribution in [-0.2, 0) is 9.84 Å². The molecule has 1 amide bonds. The fourth-order valence-electron chi connectivity index (χ4n) is 3.13. The van der Waals surface area contributed by atoms with Crippen LogP contribution in [0.15, 0.2) is 64.0 Å². The number of sulfone groups is 1. The van der Waals surface area contributed by atoms with Crippen LogP contribution < -0.4 is 5.32 Å². The molecule has 0 aliphatic carbocycles. The van der Waals surface area contributed by atoms with Crippen molar-refractivity contribution in [2.75, 3.05) is 11.6 Å². The first kappa shape index (κ1) is 19.8. The zero-order valence-corrected chi connectivity index (χ0v) is 17.4. The van der Waals surface area contributed by atoms with Crippen molar-refractivity contribution in [3.8, 4) is 11.3 Å². The molecule has 8 heteroatoms. The quantitative estimate of drug-likeness (QED) is 0.531. The van der Waals surface area contributed by atoms with Crippen LogP contribution in [0.25, 0.3) is 22.4 Å². The van der Waals surface area contributed by atoms with Crippen LogP contribution in [0.4, 0.5) is 5.69 Å². The molecule has 152 valence electrons. The standard InChI is InChI=1S/C22H19N3O4S/c1-13-4-6-15(7-5-13)19-12-18(20-14(2)25-29-22(20)24-19)21(26)23-16-8-10-17(11-9-16)30(3,27)28/h4-12H,1-3H3,(H,23,26). The van der Waals surface area contributed by atoms with E-state index in [1.54, 1.807) is 25.1 Å². The summed E-state index contributed by atoms with van der Waals surface area (Å²) in [6, 6.07) is 15.5. The van der Waals surface area contributed by atoms with Crippen molar-refractivity contribution in [3.63, 3.8) is 0 Å². The van der Waals surface area contributed by atoms with Crippen molar-refractivity contribution >= 4 is 32.5 Å². The predicted octanol–water partition coefficient (Wildman–Crippen LogP) is 4.16. The third-order valence-corrected chi connectivity index (χ3v) is 5.88. The van der Waals surface area contributed by atoms with E-state index in [1.165, 1.54) is 12.1 Å². The number of anilines is 1. The number of fused-ring (bicyclic) bond motifs is 1. The number of nitrogens with one attached hydrogen (secondary N) is 1. The summed E-state index contributed by atoms with van der Waals surface area (Å²) >= 11 is 0. The Bertz CT molecular complexity index is 1360. The number of nitrogens with zero attached hydrogens (tertiary/aromatic N) is 2. The molecule has 0 spiro atoms. The number of hydrogen-bond acceptors (Lipinski definition) is 6. The van der Waals surface area contributed by atoms with Crippen LogP contribution in [-0.4, -0.2) is 30.7 Å². The third-order valence-electron chi connectivity index (χ3n) is 4.75. The zero-order valence-electron chi connectivity index (χ0n) is 16.6. The van der Waals surface area contributed by atoms with Crippen LogP contribution in [0.5, 0.6) is 0 Å². The van der Waals surface area contributed by atoms with Crippen molar-refractivity contribution in [1.82, 2.24) is 10.1 Å². The van der Waals surface area contributed by atoms with E-state index in [4.69, 9.17) is 4.52 Å². The first-order valence-corrected chi connectivity index (χ1v) is 11.1. The highest BCUT2D eigenvalue weighted by molar-refractivity contribution is 7.90. The summed E-state index contributed by atoms with van der Waals surface area (Å²) in [5.41, 5.74) is 4.25. The Morgan fingerprint density at radius 2 is 1.67 bits per heavy atom. The minimum absolute atomic E-state index is 0.184. The van der Waals surface area contributed by atoms with Crippen LogP contribution in [0.3, 0.4) is 0 Å². The summed E-state index contributed by atoms with van der Waals surface area (Å²) < 4.78 is 28.6. The lowest BCUT2D eigenvalue weighted by molar-refractivity contribution is 0.102. The van der Waals surface area contributed by atoms with Crippen molar-refractivity contribution in [2.45, 2.75) is 18.7 Å². The second kappa shape index (κ2) is 7.38. The zero-order chi connectivity index (χ0) is 21.5. The van der Waals surface area contributed by atoms with Gasteiger partial charge >= 0.3 is 0 Å². The summed E-state index contributed by atoms with van der Waals surface area (Å²) in [6.07, 6.45) is 1.13. The minimum Gasteiger partial charge on any atom is -0.335 e. The Labute approximate surface area is 173 Å². The van der Waals surface area contributed by atoms with Gasteiger partial charge in [-0.05, 0) is 44.2 Å². The molecule has 30 heavy (non-hydrogen) atoms. The van der Waals surface area contributed by atoms with Gasteiger partial charge in [0.1, 0.15) is 0 Å². The number of aryl methyl sites for hydroxylation is 2. The maximum atomic E-state index is 13.1. The Balaban J connectivity index is 1.74. The average molecular weight is 421 g/mol. The third kappa shape index (κ3) is 3.81. The molecule has 0 radical (unpaired) electrons. The van der Waals surface area contributed by atoms with Crippen molar-refractivity contribution in [3.05, 3.63) is 71.4 Å². The highest BCUT2D eigenvalue weighted by Crippen LogP contribution is 2.28. The summed E-state index contributed by atoms with van der Waals surface area (Å²) in [7, 11) is -3.31. The minimum atomic E-state index is -3.31. The van der Waals surface area contributed by atoms with E-state index in [0.29, 0.717) is 28.0 Å². The fourth-order valence-corrected chi connectivity index (χ4v) is 3.76. The number of carbonyl (C=O) groups is 1. The van der Waals surface area contributed by atoms with Crippen molar-refractivity contribution in [2.24, 2.45) is 0 Å². The molecule has 1 N–H and O–H groups in total. The lowest BCUT2D eigenvalue weighted by Crippen LogP contribution is -2.13. The number of aromatic nitrogens is 2. The molecule has 4 aromatic rings. The second-order valence-electron chi connectivity index (χ2n) is 7.12. The molecule has 0 fully saturated rings. The van der Waals surface area contributed by atoms with Crippen molar-refractivity contribution < 1.29 is 17.7 Å². The Morgan fingerprint density at radius 1 is 1.00 bits per heavy atom. The van der Waals surface area contributed by atoms with E-state index in [9.17, 15) is 13.2 Å². The van der Waals surface area contributed by atoms with Crippen LogP contribution in [0, 0.1) is 13.8 Å². The topological polar surface area (TPSA) is 102 Å². The van der Waals surface area contributed by atoms with E-state index >= 15 is 0 Å². The normalized spacial score (nSPS) is 11.6. The van der Waals surface area contributed by atoms with Gasteiger partial charge in [0.2, 0.25) is 0 Å². The smallest absolute Gasteiger partial charge is 0.259 e. The summed E-state index contributed by atoms with van der Waals surface area (Å²) in [4.78, 5) is 17.8. The molecule has 0 aliphatic rings. The number of amides is 1. The Kier molecular flexibility index (Phi) is 4.87. The van der Waals surface area contributed by atoms with Gasteiger partial charge in [-0.1, -0.05) is 35.0 Å². The van der Waals surface area contributed by atoms with Crippen LogP contribution in [0.2, 0.25) is 0 Å². The molecule has 0 atom stereocenters. The SMILES string of the molecule is Cc1ccc(-c2cc(C(=O)Nc3ccc(S(C)(=O)=O)cc3)c3c(C)noc3n2)cc1. The predicted molar refractivity (Wildman–Crippen MR) is 114 cm³/mol. The monoisotopic (exact) mass is 421 g/mol. The van der Waals surface area contributed by atoms with Gasteiger partial charge in [-0.3, -0.25) is 4.79 Å². The lowest BCUT2D eigenvalue weighted by atomic mass is 10.0. The summed E-state index contributed by atoms with van der Waals surface area (Å²) in [5, 5.41) is 7.29. The Morgan fingerprint density at radius 3 is 2.30 bits per heavy atom. The van der Waals surface area contributed by atoms with Crippen molar-refractivity contribution in [1.29, 1.82) is 0 Å². The van der Waals surface area contributed by atoms with Gasteiger partial charge in [-0.25, -0.2) is 13.4 Å². The number of pyridine rings is 1. The average Bonchev–Trinajstić information content (AvgIpc) is 3.08.